The second-order valence-corrected chi connectivity index (χ2v) is 5.20. The van der Waals surface area contributed by atoms with Crippen LogP contribution in [0.2, 0.25) is 0 Å². The second-order valence-electron chi connectivity index (χ2n) is 4.34. The predicted molar refractivity (Wildman–Crippen MR) is 81.3 cm³/mol. The number of hydrogen-bond acceptors (Lipinski definition) is 5. The van der Waals surface area contributed by atoms with Gasteiger partial charge in [-0.15, -0.1) is 11.3 Å². The third-order valence-electron chi connectivity index (χ3n) is 2.90. The Kier molecular flexibility index (Phi) is 3.74. The van der Waals surface area contributed by atoms with Crippen LogP contribution in [-0.2, 0) is 6.42 Å². The number of amides is 1. The summed E-state index contributed by atoms with van der Waals surface area (Å²) < 4.78 is 0. The smallest absolute Gasteiger partial charge is 0.277 e. The van der Waals surface area contributed by atoms with E-state index in [1.54, 1.807) is 12.3 Å². The number of nitrogens with zero attached hydrogens (tertiary/aromatic N) is 3. The number of thiazole rings is 1. The number of H-pyrrole nitrogens is 1. The van der Waals surface area contributed by atoms with Crippen molar-refractivity contribution >= 4 is 22.4 Å². The Labute approximate surface area is 125 Å². The molecule has 0 unspecified atom stereocenters. The average molecular weight is 299 g/mol. The summed E-state index contributed by atoms with van der Waals surface area (Å²) in [4.78, 5) is 20.6. The van der Waals surface area contributed by atoms with Crippen LogP contribution in [0.15, 0.2) is 35.8 Å². The molecule has 0 spiro atoms. The quantitative estimate of drug-likeness (QED) is 0.776. The number of aryl methyl sites for hydroxylation is 1. The molecule has 106 valence electrons. The summed E-state index contributed by atoms with van der Waals surface area (Å²) in [5.74, 6) is -0.270. The van der Waals surface area contributed by atoms with Gasteiger partial charge in [-0.2, -0.15) is 5.10 Å². The van der Waals surface area contributed by atoms with E-state index in [0.29, 0.717) is 10.8 Å². The molecule has 6 nitrogen and oxygen atoms in total. The van der Waals surface area contributed by atoms with Crippen molar-refractivity contribution in [2.45, 2.75) is 13.3 Å². The molecule has 0 atom stereocenters. The molecule has 0 aliphatic carbocycles. The average Bonchev–Trinajstić information content (AvgIpc) is 3.17. The van der Waals surface area contributed by atoms with Gasteiger partial charge in [0.05, 0.1) is 5.69 Å². The van der Waals surface area contributed by atoms with Gasteiger partial charge in [0, 0.05) is 17.3 Å². The lowest BCUT2D eigenvalue weighted by Gasteiger charge is -1.97. The van der Waals surface area contributed by atoms with Crippen molar-refractivity contribution in [2.75, 3.05) is 5.32 Å². The minimum atomic E-state index is -0.270. The van der Waals surface area contributed by atoms with Crippen LogP contribution in [-0.4, -0.2) is 26.1 Å². The highest BCUT2D eigenvalue weighted by molar-refractivity contribution is 7.14. The van der Waals surface area contributed by atoms with E-state index in [2.05, 4.69) is 25.5 Å². The predicted octanol–water partition coefficient (Wildman–Crippen LogP) is 2.74. The Morgan fingerprint density at radius 3 is 3.00 bits per heavy atom. The van der Waals surface area contributed by atoms with Crippen molar-refractivity contribution in [3.05, 3.63) is 47.2 Å². The van der Waals surface area contributed by atoms with E-state index in [-0.39, 0.29) is 5.91 Å². The van der Waals surface area contributed by atoms with Gasteiger partial charge in [-0.05, 0) is 24.6 Å². The third kappa shape index (κ3) is 2.97. The van der Waals surface area contributed by atoms with Crippen LogP contribution < -0.4 is 5.32 Å². The fourth-order valence-corrected chi connectivity index (χ4v) is 2.48. The zero-order valence-electron chi connectivity index (χ0n) is 11.3. The van der Waals surface area contributed by atoms with E-state index < -0.39 is 0 Å². The van der Waals surface area contributed by atoms with Crippen LogP contribution in [0.3, 0.4) is 0 Å². The third-order valence-corrected chi connectivity index (χ3v) is 3.65. The van der Waals surface area contributed by atoms with E-state index in [9.17, 15) is 4.79 Å². The van der Waals surface area contributed by atoms with E-state index >= 15 is 0 Å². The van der Waals surface area contributed by atoms with Crippen molar-refractivity contribution in [2.24, 2.45) is 0 Å². The normalized spacial score (nSPS) is 10.5. The maximum atomic E-state index is 12.0. The lowest BCUT2D eigenvalue weighted by molar-refractivity contribution is 0.102. The Morgan fingerprint density at radius 2 is 2.29 bits per heavy atom. The maximum Gasteiger partial charge on any atom is 0.277 e. The molecule has 21 heavy (non-hydrogen) atoms. The van der Waals surface area contributed by atoms with E-state index in [0.717, 1.165) is 23.5 Å². The zero-order chi connectivity index (χ0) is 14.7. The number of carbonyl (C=O) groups is 1. The highest BCUT2D eigenvalue weighted by atomic mass is 32.1. The Hall–Kier alpha value is -2.54. The van der Waals surface area contributed by atoms with E-state index in [4.69, 9.17) is 0 Å². The first-order valence-corrected chi connectivity index (χ1v) is 7.37. The van der Waals surface area contributed by atoms with Gasteiger partial charge in [0.2, 0.25) is 0 Å². The van der Waals surface area contributed by atoms with Crippen LogP contribution in [0, 0.1) is 0 Å². The molecule has 0 aromatic carbocycles. The van der Waals surface area contributed by atoms with Crippen molar-refractivity contribution in [1.82, 2.24) is 20.2 Å². The molecular formula is C14H13N5OS. The van der Waals surface area contributed by atoms with Crippen LogP contribution in [0.5, 0.6) is 0 Å². The summed E-state index contributed by atoms with van der Waals surface area (Å²) in [5.41, 5.74) is 2.81. The maximum absolute atomic E-state index is 12.0. The molecule has 0 radical (unpaired) electrons. The number of rotatable bonds is 4. The molecule has 7 heteroatoms. The van der Waals surface area contributed by atoms with Crippen molar-refractivity contribution in [3.63, 3.8) is 0 Å². The lowest BCUT2D eigenvalue weighted by atomic mass is 10.3. The first-order valence-electron chi connectivity index (χ1n) is 6.49. The number of hydrogen-bond donors (Lipinski definition) is 2. The van der Waals surface area contributed by atoms with Crippen LogP contribution >= 0.6 is 11.3 Å². The van der Waals surface area contributed by atoms with Gasteiger partial charge in [-0.25, -0.2) is 4.98 Å². The fraction of sp³-hybridized carbons (Fsp3) is 0.143. The molecular weight excluding hydrogens is 286 g/mol. The highest BCUT2D eigenvalue weighted by Crippen LogP contribution is 2.23. The van der Waals surface area contributed by atoms with Gasteiger partial charge in [0.15, 0.2) is 10.8 Å². The molecule has 1 amide bonds. The summed E-state index contributed by atoms with van der Waals surface area (Å²) in [6, 6.07) is 7.36. The number of nitrogens with one attached hydrogen (secondary N) is 2. The minimum absolute atomic E-state index is 0.270. The second kappa shape index (κ2) is 5.84. The van der Waals surface area contributed by atoms with Gasteiger partial charge >= 0.3 is 0 Å². The summed E-state index contributed by atoms with van der Waals surface area (Å²) in [6.45, 7) is 2.00. The summed E-state index contributed by atoms with van der Waals surface area (Å²) in [5, 5.41) is 11.9. The Morgan fingerprint density at radius 1 is 1.38 bits per heavy atom. The van der Waals surface area contributed by atoms with E-state index in [1.165, 1.54) is 11.3 Å². The largest absolute Gasteiger partial charge is 0.296 e. The highest BCUT2D eigenvalue weighted by Gasteiger charge is 2.13. The Balaban J connectivity index is 1.74. The zero-order valence-corrected chi connectivity index (χ0v) is 12.1. The van der Waals surface area contributed by atoms with Gasteiger partial charge in [-0.1, -0.05) is 13.0 Å². The topological polar surface area (TPSA) is 83.6 Å². The summed E-state index contributed by atoms with van der Waals surface area (Å²) in [6.07, 6.45) is 2.52. The fourth-order valence-electron chi connectivity index (χ4n) is 1.78. The van der Waals surface area contributed by atoms with Crippen LogP contribution in [0.1, 0.15) is 23.1 Å². The molecule has 0 aliphatic heterocycles. The molecule has 3 aromatic rings. The molecule has 0 fully saturated rings. The number of anilines is 1. The van der Waals surface area contributed by atoms with E-state index in [1.807, 2.05) is 30.5 Å². The standard InChI is InChI=1S/C14H13N5OS/c1-2-9-7-11(19-18-9)13(20)17-14-16-12(8-21-14)10-5-3-4-6-15-10/h3-8H,2H2,1H3,(H,18,19)(H,16,17,20). The Bertz CT molecular complexity index is 750. The first-order chi connectivity index (χ1) is 10.3. The van der Waals surface area contributed by atoms with Gasteiger partial charge in [0.1, 0.15) is 5.69 Å². The van der Waals surface area contributed by atoms with Crippen molar-refractivity contribution in [3.8, 4) is 11.4 Å². The number of aromatic amines is 1. The molecule has 3 heterocycles. The molecule has 3 aromatic heterocycles. The molecule has 0 aliphatic rings. The summed E-state index contributed by atoms with van der Waals surface area (Å²) in [7, 11) is 0. The van der Waals surface area contributed by atoms with Crippen LogP contribution in [0.4, 0.5) is 5.13 Å². The van der Waals surface area contributed by atoms with Crippen molar-refractivity contribution < 1.29 is 4.79 Å². The number of carbonyl (C=O) groups excluding carboxylic acids is 1. The molecule has 0 saturated heterocycles. The molecule has 0 bridgehead atoms. The SMILES string of the molecule is CCc1cc(C(=O)Nc2nc(-c3ccccn3)cs2)n[nH]1. The first kappa shape index (κ1) is 13.4. The van der Waals surface area contributed by atoms with Crippen molar-refractivity contribution in [1.29, 1.82) is 0 Å². The number of aromatic nitrogens is 4. The van der Waals surface area contributed by atoms with Gasteiger partial charge in [-0.3, -0.25) is 20.2 Å². The lowest BCUT2D eigenvalue weighted by Crippen LogP contribution is -2.12. The minimum Gasteiger partial charge on any atom is -0.296 e. The molecule has 0 saturated carbocycles. The molecule has 2 N–H and O–H groups in total. The number of pyridine rings is 1. The molecule has 3 rings (SSSR count). The summed E-state index contributed by atoms with van der Waals surface area (Å²) >= 11 is 1.36. The van der Waals surface area contributed by atoms with Crippen LogP contribution in [0.25, 0.3) is 11.4 Å². The monoisotopic (exact) mass is 299 g/mol. The van der Waals surface area contributed by atoms with Gasteiger partial charge < -0.3 is 0 Å². The van der Waals surface area contributed by atoms with Gasteiger partial charge in [0.25, 0.3) is 5.91 Å².